The number of hydrogen-bond donors (Lipinski definition) is 2. The number of H-pyrrole nitrogens is 2. The Bertz CT molecular complexity index is 2780. The number of benzene rings is 4. The Hall–Kier alpha value is -6.16. The number of rotatable bonds is 5. The molecule has 5 heterocycles. The van der Waals surface area contributed by atoms with Crippen LogP contribution in [0.4, 0.5) is 0 Å². The standard InChI is InChI=1S/C27H13ClN4O.3C7H5ClO.Mn/c28-27(33)23-4-2-1-3-22(23)26-24-11-9-20(31-24)14-18-7-5-16(29-18)13-17-6-8-19(30-17)15-21-10-12-25(26)32-21;3*8-7(9)6-4-2-1-3-5-6;/h1,3-12,29,31H;3*1-5H;/q-4;;;;. The Morgan fingerprint density at radius 1 is 0.475 bits per heavy atom. The molecule has 0 aliphatic carbocycles. The largest absolute Gasteiger partial charge is 0.403 e. The van der Waals surface area contributed by atoms with Crippen molar-refractivity contribution in [1.82, 2.24) is 19.9 Å². The van der Waals surface area contributed by atoms with Gasteiger partial charge in [-0.25, -0.2) is 0 Å². The van der Waals surface area contributed by atoms with Crippen LogP contribution in [0.15, 0.2) is 133 Å². The fraction of sp³-hybridized carbons (Fsp3) is 0. The van der Waals surface area contributed by atoms with Gasteiger partial charge in [-0.1, -0.05) is 148 Å². The molecule has 0 atom stereocenters. The Morgan fingerprint density at radius 3 is 1.44 bits per heavy atom. The van der Waals surface area contributed by atoms with Gasteiger partial charge in [-0.3, -0.25) is 24.2 Å². The quantitative estimate of drug-likeness (QED) is 0.101. The van der Waals surface area contributed by atoms with Gasteiger partial charge in [-0.15, -0.1) is 35.9 Å². The van der Waals surface area contributed by atoms with E-state index in [2.05, 4.69) is 39.2 Å². The van der Waals surface area contributed by atoms with Crippen molar-refractivity contribution >= 4 is 114 Å². The van der Waals surface area contributed by atoms with Gasteiger partial charge in [0.1, 0.15) is 0 Å². The maximum absolute atomic E-state index is 12.2. The summed E-state index contributed by atoms with van der Waals surface area (Å²) in [4.78, 5) is 59.4. The molecule has 0 saturated heterocycles. The Labute approximate surface area is 381 Å². The maximum Gasteiger partial charge on any atom is 0.252 e. The molecule has 0 unspecified atom stereocenters. The van der Waals surface area contributed by atoms with Crippen molar-refractivity contribution in [1.29, 1.82) is 0 Å². The molecule has 1 radical (unpaired) electrons. The predicted molar refractivity (Wildman–Crippen MR) is 240 cm³/mol. The molecule has 3 aromatic heterocycles. The minimum absolute atomic E-state index is 0. The van der Waals surface area contributed by atoms with E-state index in [1.54, 1.807) is 84.9 Å². The summed E-state index contributed by atoms with van der Waals surface area (Å²) in [5.41, 5.74) is 9.18. The van der Waals surface area contributed by atoms with E-state index < -0.39 is 21.0 Å². The molecule has 8 bridgehead atoms. The minimum Gasteiger partial charge on any atom is -0.403 e. The molecule has 0 fully saturated rings. The third kappa shape index (κ3) is 13.2. The van der Waals surface area contributed by atoms with Crippen molar-refractivity contribution in [3.05, 3.63) is 203 Å². The summed E-state index contributed by atoms with van der Waals surface area (Å²) in [6.07, 6.45) is 7.51. The van der Waals surface area contributed by atoms with Crippen LogP contribution in [0.1, 0.15) is 64.2 Å². The van der Waals surface area contributed by atoms with E-state index in [1.807, 2.05) is 72.8 Å². The smallest absolute Gasteiger partial charge is 0.252 e. The number of nitrogens with zero attached hydrogens (tertiary/aromatic N) is 2. The number of nitrogens with one attached hydrogen (secondary N) is 2. The first-order valence-electron chi connectivity index (χ1n) is 17.8. The molecule has 13 heteroatoms. The summed E-state index contributed by atoms with van der Waals surface area (Å²) >= 11 is 21.4. The Kier molecular flexibility index (Phi) is 16.9. The number of aromatic nitrogens is 4. The molecule has 2 aliphatic rings. The van der Waals surface area contributed by atoms with Crippen LogP contribution in [0.3, 0.4) is 0 Å². The van der Waals surface area contributed by atoms with Crippen LogP contribution in [0.25, 0.3) is 57.5 Å². The molecule has 0 amide bonds. The number of carbonyl (C=O) groups is 4. The minimum atomic E-state index is -0.559. The summed E-state index contributed by atoms with van der Waals surface area (Å²) in [6, 6.07) is 51.8. The van der Waals surface area contributed by atoms with Crippen LogP contribution in [-0.2, 0) is 17.1 Å². The molecule has 303 valence electrons. The van der Waals surface area contributed by atoms with Gasteiger partial charge in [0, 0.05) is 44.8 Å². The van der Waals surface area contributed by atoms with Gasteiger partial charge < -0.3 is 15.0 Å². The van der Waals surface area contributed by atoms with Gasteiger partial charge in [0.05, 0.1) is 5.69 Å². The SMILES string of the molecule is O=C(Cl)c1c[c-]ccc1-c1c2nc([c-]c3nc([c-]c4ccc([c-]c5ccc1[nH]5)[nH]4)C=C3)C=C2.O=C(Cl)c1ccccc1.O=C(Cl)c1ccccc1.O=C(Cl)c1ccccc1.[Mn]. The van der Waals surface area contributed by atoms with Gasteiger partial charge in [0.2, 0.25) is 0 Å². The molecule has 4 aromatic carbocycles. The van der Waals surface area contributed by atoms with Gasteiger partial charge in [-0.05, 0) is 40.5 Å². The van der Waals surface area contributed by atoms with E-state index in [4.69, 9.17) is 51.4 Å². The summed E-state index contributed by atoms with van der Waals surface area (Å²) < 4.78 is 0. The molecule has 2 aliphatic heterocycles. The second kappa shape index (κ2) is 22.4. The Morgan fingerprint density at radius 2 is 0.934 bits per heavy atom. The topological polar surface area (TPSA) is 126 Å². The first-order chi connectivity index (χ1) is 29.0. The van der Waals surface area contributed by atoms with E-state index in [0.717, 1.165) is 27.6 Å². The third-order valence-electron chi connectivity index (χ3n) is 8.31. The molecule has 0 saturated carbocycles. The molecular weight excluding hydrogens is 893 g/mol. The number of hydrogen-bond acceptors (Lipinski definition) is 6. The summed E-state index contributed by atoms with van der Waals surface area (Å²) in [7, 11) is 0. The van der Waals surface area contributed by atoms with Crippen molar-refractivity contribution in [3.63, 3.8) is 0 Å². The second-order valence-electron chi connectivity index (χ2n) is 12.4. The van der Waals surface area contributed by atoms with Crippen LogP contribution in [-0.4, -0.2) is 40.9 Å². The zero-order valence-electron chi connectivity index (χ0n) is 31.4. The van der Waals surface area contributed by atoms with Crippen LogP contribution in [0, 0.1) is 24.3 Å². The molecule has 0 spiro atoms. The summed E-state index contributed by atoms with van der Waals surface area (Å²) in [6.45, 7) is 0. The van der Waals surface area contributed by atoms with Crippen LogP contribution in [0.2, 0.25) is 0 Å². The summed E-state index contributed by atoms with van der Waals surface area (Å²) in [5.74, 6) is 0. The zero-order chi connectivity index (χ0) is 42.4. The fourth-order valence-electron chi connectivity index (χ4n) is 5.58. The van der Waals surface area contributed by atoms with Gasteiger partial charge in [0.25, 0.3) is 15.7 Å². The van der Waals surface area contributed by atoms with Crippen molar-refractivity contribution in [2.24, 2.45) is 0 Å². The fourth-order valence-corrected chi connectivity index (χ4v) is 6.12. The Balaban J connectivity index is 0.000000203. The van der Waals surface area contributed by atoms with E-state index in [9.17, 15) is 19.2 Å². The van der Waals surface area contributed by atoms with E-state index >= 15 is 0 Å². The number of fused-ring (bicyclic) bond motifs is 8. The normalized spacial score (nSPS) is 10.6. The molecule has 2 N–H and O–H groups in total. The molecular formula is C48H28Cl4MnN4O4-4. The number of carbonyl (C=O) groups excluding carboxylic acids is 4. The second-order valence-corrected chi connectivity index (χ2v) is 13.8. The van der Waals surface area contributed by atoms with Crippen LogP contribution >= 0.6 is 46.4 Å². The number of aromatic amines is 2. The van der Waals surface area contributed by atoms with Gasteiger partial charge in [-0.2, -0.15) is 48.6 Å². The monoisotopic (exact) mass is 919 g/mol. The van der Waals surface area contributed by atoms with Gasteiger partial charge >= 0.3 is 0 Å². The van der Waals surface area contributed by atoms with Gasteiger partial charge in [0.15, 0.2) is 5.24 Å². The van der Waals surface area contributed by atoms with E-state index in [0.29, 0.717) is 50.6 Å². The van der Waals surface area contributed by atoms with E-state index in [1.165, 1.54) is 0 Å². The molecule has 7 aromatic rings. The first-order valence-corrected chi connectivity index (χ1v) is 19.3. The van der Waals surface area contributed by atoms with Crippen LogP contribution in [0.5, 0.6) is 0 Å². The molecule has 9 rings (SSSR count). The van der Waals surface area contributed by atoms with Crippen molar-refractivity contribution < 1.29 is 36.2 Å². The number of halogens is 4. The summed E-state index contributed by atoms with van der Waals surface area (Å²) in [5, 5.41) is -1.78. The van der Waals surface area contributed by atoms with E-state index in [-0.39, 0.29) is 17.1 Å². The maximum atomic E-state index is 12.2. The van der Waals surface area contributed by atoms with Crippen molar-refractivity contribution in [2.75, 3.05) is 0 Å². The van der Waals surface area contributed by atoms with Crippen molar-refractivity contribution in [2.45, 2.75) is 0 Å². The first kappa shape index (κ1) is 45.9. The average Bonchev–Trinajstić information content (AvgIpc) is 4.10. The van der Waals surface area contributed by atoms with Crippen molar-refractivity contribution in [3.8, 4) is 11.1 Å². The predicted octanol–water partition coefficient (Wildman–Crippen LogP) is 12.1. The average molecular weight is 922 g/mol. The third-order valence-corrected chi connectivity index (χ3v) is 9.17. The van der Waals surface area contributed by atoms with Crippen LogP contribution < -0.4 is 0 Å². The molecule has 8 nitrogen and oxygen atoms in total. The molecule has 61 heavy (non-hydrogen) atoms. The zero-order valence-corrected chi connectivity index (χ0v) is 35.6.